The van der Waals surface area contributed by atoms with Crippen LogP contribution < -0.4 is 25.6 Å². The lowest BCUT2D eigenvalue weighted by atomic mass is 9.89. The minimum atomic E-state index is -0.582. The highest BCUT2D eigenvalue weighted by Gasteiger charge is 2.47. The highest BCUT2D eigenvalue weighted by atomic mass is 32.2. The number of urea groups is 1. The average molecular weight is 557 g/mol. The van der Waals surface area contributed by atoms with Gasteiger partial charge in [-0.15, -0.1) is 0 Å². The summed E-state index contributed by atoms with van der Waals surface area (Å²) in [4.78, 5) is 49.2. The average Bonchev–Trinajstić information content (AvgIpc) is 3.35. The molecule has 0 saturated heterocycles. The Bertz CT molecular complexity index is 1450. The fourth-order valence-electron chi connectivity index (χ4n) is 5.46. The van der Waals surface area contributed by atoms with Gasteiger partial charge >= 0.3 is 6.03 Å². The third kappa shape index (κ3) is 5.00. The molecule has 1 fully saturated rings. The Hall–Kier alpha value is -4.38. The first-order valence-corrected chi connectivity index (χ1v) is 14.1. The van der Waals surface area contributed by atoms with Crippen molar-refractivity contribution in [3.05, 3.63) is 79.1 Å². The van der Waals surface area contributed by atoms with E-state index >= 15 is 0 Å². The van der Waals surface area contributed by atoms with Crippen LogP contribution in [0.4, 0.5) is 16.2 Å². The number of aromatic nitrogens is 2. The fraction of sp³-hybridized carbons (Fsp3) is 0.276. The Kier molecular flexibility index (Phi) is 7.12. The molecule has 2 unspecified atom stereocenters. The number of anilines is 2. The van der Waals surface area contributed by atoms with Gasteiger partial charge < -0.3 is 20.7 Å². The first kappa shape index (κ1) is 25.9. The number of amides is 4. The normalized spacial score (nSPS) is 23.0. The largest absolute Gasteiger partial charge is 0.439 e. The van der Waals surface area contributed by atoms with Crippen molar-refractivity contribution in [2.45, 2.75) is 54.1 Å². The third-order valence-corrected chi connectivity index (χ3v) is 8.61. The SMILES string of the molecule is C=CC(=O)N[C@H]1CCCC[C@H]1NC(=O)C1Sc2nccc3c2C1NC(=O)N3c1ccc(Oc2ccccn2)cc1. The van der Waals surface area contributed by atoms with Crippen molar-refractivity contribution in [1.82, 2.24) is 25.9 Å². The van der Waals surface area contributed by atoms with Crippen LogP contribution in [0.3, 0.4) is 0 Å². The lowest BCUT2D eigenvalue weighted by Crippen LogP contribution is -2.56. The van der Waals surface area contributed by atoms with Crippen molar-refractivity contribution in [3.8, 4) is 11.6 Å². The van der Waals surface area contributed by atoms with Gasteiger partial charge in [0.05, 0.1) is 17.4 Å². The maximum Gasteiger partial charge on any atom is 0.327 e. The number of carbonyl (C=O) groups is 3. The Balaban J connectivity index is 1.21. The summed E-state index contributed by atoms with van der Waals surface area (Å²) >= 11 is 1.35. The minimum Gasteiger partial charge on any atom is -0.439 e. The van der Waals surface area contributed by atoms with Crippen molar-refractivity contribution in [1.29, 1.82) is 0 Å². The third-order valence-electron chi connectivity index (χ3n) is 7.33. The molecule has 0 radical (unpaired) electrons. The fourth-order valence-corrected chi connectivity index (χ4v) is 6.69. The number of rotatable bonds is 7. The van der Waals surface area contributed by atoms with Crippen LogP contribution >= 0.6 is 11.8 Å². The summed E-state index contributed by atoms with van der Waals surface area (Å²) in [6.45, 7) is 3.53. The Morgan fingerprint density at radius 2 is 1.80 bits per heavy atom. The standard InChI is InChI=1S/C29H28N6O4S/c1-2-22(36)32-19-7-3-4-8-20(19)33-27(37)26-25-24-21(14-16-31-28(24)40-26)35(29(38)34-25)17-10-12-18(13-11-17)39-23-9-5-6-15-30-23/h2,5-6,9-16,19-20,25-26H,1,3-4,7-8H2,(H,32,36)(H,33,37)(H,34,38)/t19-,20+,25?,26?/m0/s1. The van der Waals surface area contributed by atoms with Crippen LogP contribution in [0, 0.1) is 0 Å². The monoisotopic (exact) mass is 556 g/mol. The number of benzene rings is 1. The number of carbonyl (C=O) groups excluding carboxylic acids is 3. The Morgan fingerprint density at radius 1 is 1.02 bits per heavy atom. The van der Waals surface area contributed by atoms with Crippen LogP contribution in [0.5, 0.6) is 11.6 Å². The van der Waals surface area contributed by atoms with Crippen LogP contribution in [0.1, 0.15) is 37.3 Å². The molecule has 1 saturated carbocycles. The molecule has 3 aromatic rings. The first-order chi connectivity index (χ1) is 19.5. The Morgan fingerprint density at radius 3 is 2.52 bits per heavy atom. The molecule has 40 heavy (non-hydrogen) atoms. The van der Waals surface area contributed by atoms with E-state index in [1.54, 1.807) is 53.7 Å². The molecule has 2 aromatic heterocycles. The summed E-state index contributed by atoms with van der Waals surface area (Å²) in [5, 5.41) is 9.26. The van der Waals surface area contributed by atoms with Gasteiger partial charge in [-0.25, -0.2) is 14.8 Å². The lowest BCUT2D eigenvalue weighted by Gasteiger charge is -2.36. The minimum absolute atomic E-state index is 0.160. The maximum absolute atomic E-state index is 13.6. The van der Waals surface area contributed by atoms with Gasteiger partial charge in [-0.05, 0) is 55.3 Å². The van der Waals surface area contributed by atoms with E-state index in [9.17, 15) is 14.4 Å². The van der Waals surface area contributed by atoms with Crippen LogP contribution in [0.2, 0.25) is 0 Å². The molecule has 0 bridgehead atoms. The molecule has 1 aliphatic carbocycles. The lowest BCUT2D eigenvalue weighted by molar-refractivity contribution is -0.123. The number of nitrogens with zero attached hydrogens (tertiary/aromatic N) is 3. The molecule has 11 heteroatoms. The van der Waals surface area contributed by atoms with Crippen LogP contribution in [-0.2, 0) is 9.59 Å². The smallest absolute Gasteiger partial charge is 0.327 e. The van der Waals surface area contributed by atoms with Gasteiger partial charge in [-0.2, -0.15) is 0 Å². The van der Waals surface area contributed by atoms with Crippen molar-refractivity contribution < 1.29 is 19.1 Å². The van der Waals surface area contributed by atoms with Gasteiger partial charge in [-0.3, -0.25) is 14.5 Å². The van der Waals surface area contributed by atoms with E-state index in [0.717, 1.165) is 31.2 Å². The first-order valence-electron chi connectivity index (χ1n) is 13.2. The molecular formula is C29H28N6O4S. The molecule has 2 aliphatic heterocycles. The topological polar surface area (TPSA) is 126 Å². The summed E-state index contributed by atoms with van der Waals surface area (Å²) in [7, 11) is 0. The number of nitrogens with one attached hydrogen (secondary N) is 3. The van der Waals surface area contributed by atoms with Gasteiger partial charge in [-0.1, -0.05) is 37.2 Å². The number of thioether (sulfide) groups is 1. The van der Waals surface area contributed by atoms with Crippen LogP contribution in [0.25, 0.3) is 0 Å². The maximum atomic E-state index is 13.6. The summed E-state index contributed by atoms with van der Waals surface area (Å²) in [6, 6.07) is 13.2. The van der Waals surface area contributed by atoms with E-state index < -0.39 is 11.3 Å². The summed E-state index contributed by atoms with van der Waals surface area (Å²) in [6.07, 6.45) is 8.06. The molecule has 10 nitrogen and oxygen atoms in total. The van der Waals surface area contributed by atoms with Crippen molar-refractivity contribution in [2.24, 2.45) is 0 Å². The van der Waals surface area contributed by atoms with Gasteiger partial charge in [0, 0.05) is 36.1 Å². The molecule has 204 valence electrons. The van der Waals surface area contributed by atoms with Gasteiger partial charge in [0.25, 0.3) is 0 Å². The number of ether oxygens (including phenoxy) is 1. The van der Waals surface area contributed by atoms with E-state index in [-0.39, 0.29) is 29.9 Å². The predicted octanol–water partition coefficient (Wildman–Crippen LogP) is 4.38. The van der Waals surface area contributed by atoms with Gasteiger partial charge in [0.15, 0.2) is 0 Å². The quantitative estimate of drug-likeness (QED) is 0.369. The van der Waals surface area contributed by atoms with Crippen LogP contribution in [-0.4, -0.2) is 45.1 Å². The number of hydrogen-bond donors (Lipinski definition) is 3. The molecule has 4 atom stereocenters. The molecule has 6 rings (SSSR count). The van der Waals surface area contributed by atoms with E-state index in [0.29, 0.717) is 28.0 Å². The summed E-state index contributed by atoms with van der Waals surface area (Å²) in [5.41, 5.74) is 2.16. The predicted molar refractivity (Wildman–Crippen MR) is 151 cm³/mol. The van der Waals surface area contributed by atoms with E-state index in [1.807, 2.05) is 12.1 Å². The Labute approximate surface area is 235 Å². The molecule has 3 aliphatic rings. The second-order valence-electron chi connectivity index (χ2n) is 9.83. The molecule has 1 aromatic carbocycles. The molecule has 4 heterocycles. The molecular weight excluding hydrogens is 528 g/mol. The molecule has 3 N–H and O–H groups in total. The zero-order valence-corrected chi connectivity index (χ0v) is 22.4. The molecule has 4 amide bonds. The van der Waals surface area contributed by atoms with Crippen molar-refractivity contribution in [2.75, 3.05) is 4.90 Å². The van der Waals surface area contributed by atoms with Crippen molar-refractivity contribution in [3.63, 3.8) is 0 Å². The van der Waals surface area contributed by atoms with E-state index in [1.165, 1.54) is 17.8 Å². The zero-order chi connectivity index (χ0) is 27.6. The number of pyridine rings is 2. The molecule has 0 spiro atoms. The van der Waals surface area contributed by atoms with Gasteiger partial charge in [0.2, 0.25) is 17.7 Å². The highest BCUT2D eigenvalue weighted by molar-refractivity contribution is 8.01. The zero-order valence-electron chi connectivity index (χ0n) is 21.6. The van der Waals surface area contributed by atoms with E-state index in [2.05, 4.69) is 32.5 Å². The number of hydrogen-bond acceptors (Lipinski definition) is 7. The van der Waals surface area contributed by atoms with Gasteiger partial charge in [0.1, 0.15) is 16.0 Å². The van der Waals surface area contributed by atoms with Crippen molar-refractivity contribution >= 4 is 41.0 Å². The highest BCUT2D eigenvalue weighted by Crippen LogP contribution is 2.50. The summed E-state index contributed by atoms with van der Waals surface area (Å²) < 4.78 is 5.78. The second kappa shape index (κ2) is 11.0. The summed E-state index contributed by atoms with van der Waals surface area (Å²) in [5.74, 6) is 0.632. The van der Waals surface area contributed by atoms with E-state index in [4.69, 9.17) is 4.74 Å². The second-order valence-corrected chi connectivity index (χ2v) is 11.0. The van der Waals surface area contributed by atoms with Crippen LogP contribution in [0.15, 0.2) is 78.6 Å².